The lowest BCUT2D eigenvalue weighted by atomic mass is 10.1. The minimum atomic E-state index is -0.308. The Morgan fingerprint density at radius 1 is 1.25 bits per heavy atom. The molecule has 90 valence electrons. The molecule has 3 heteroatoms. The summed E-state index contributed by atoms with van der Waals surface area (Å²) >= 11 is 0. The summed E-state index contributed by atoms with van der Waals surface area (Å²) in [5.74, 6) is -0.308. The summed E-state index contributed by atoms with van der Waals surface area (Å²) in [6.45, 7) is 2.07. The third-order valence-corrected chi connectivity index (χ3v) is 1.98. The van der Waals surface area contributed by atoms with Gasteiger partial charge in [0.05, 0.1) is 13.7 Å². The van der Waals surface area contributed by atoms with Crippen LogP contribution in [0.4, 0.5) is 0 Å². The average Bonchev–Trinajstić information content (AvgIpc) is 2.30. The van der Waals surface area contributed by atoms with Gasteiger partial charge in [0.15, 0.2) is 0 Å². The number of hydrogen-bond donors (Lipinski definition) is 1. The normalized spacial score (nSPS) is 12.6. The molecule has 0 rings (SSSR count). The zero-order valence-electron chi connectivity index (χ0n) is 9.98. The van der Waals surface area contributed by atoms with Gasteiger partial charge < -0.3 is 9.84 Å². The topological polar surface area (TPSA) is 46.5 Å². The van der Waals surface area contributed by atoms with Gasteiger partial charge in [-0.25, -0.2) is 4.79 Å². The van der Waals surface area contributed by atoms with E-state index in [0.717, 1.165) is 24.8 Å². The second-order valence-electron chi connectivity index (χ2n) is 3.39. The Morgan fingerprint density at radius 2 is 2.00 bits per heavy atom. The van der Waals surface area contributed by atoms with Gasteiger partial charge in [-0.05, 0) is 26.2 Å². The molecule has 0 heterocycles. The van der Waals surface area contributed by atoms with E-state index in [4.69, 9.17) is 5.11 Å². The molecule has 0 bridgehead atoms. The Kier molecular flexibility index (Phi) is 9.32. The zero-order chi connectivity index (χ0) is 12.2. The number of unbranched alkanes of at least 4 members (excludes halogenated alkanes) is 2. The van der Waals surface area contributed by atoms with Crippen LogP contribution in [0.25, 0.3) is 0 Å². The molecule has 0 aliphatic carbocycles. The summed E-state index contributed by atoms with van der Waals surface area (Å²) in [6.07, 6.45) is 11.8. The molecule has 0 aliphatic heterocycles. The molecule has 0 atom stereocenters. The fraction of sp³-hybridized carbons (Fsp3) is 0.462. The molecule has 0 fully saturated rings. The van der Waals surface area contributed by atoms with Crippen LogP contribution in [0.2, 0.25) is 0 Å². The van der Waals surface area contributed by atoms with E-state index >= 15 is 0 Å². The van der Waals surface area contributed by atoms with E-state index in [2.05, 4.69) is 10.8 Å². The highest BCUT2D eigenvalue weighted by Crippen LogP contribution is 2.03. The number of carbonyl (C=O) groups is 1. The van der Waals surface area contributed by atoms with Gasteiger partial charge in [-0.3, -0.25) is 0 Å². The van der Waals surface area contributed by atoms with Crippen molar-refractivity contribution in [3.63, 3.8) is 0 Å². The molecular formula is C13H20O3. The number of ether oxygens (including phenoxy) is 1. The number of rotatable bonds is 7. The minimum Gasteiger partial charge on any atom is -0.466 e. The van der Waals surface area contributed by atoms with Crippen molar-refractivity contribution in [2.75, 3.05) is 13.7 Å². The smallest absolute Gasteiger partial charge is 0.330 e. The van der Waals surface area contributed by atoms with Crippen molar-refractivity contribution >= 4 is 5.97 Å². The molecule has 0 amide bonds. The molecule has 0 aromatic rings. The molecule has 0 aliphatic rings. The van der Waals surface area contributed by atoms with Gasteiger partial charge in [0, 0.05) is 6.08 Å². The summed E-state index contributed by atoms with van der Waals surface area (Å²) in [5.41, 5.74) is 1.14. The van der Waals surface area contributed by atoms with E-state index in [1.165, 1.54) is 13.2 Å². The first-order chi connectivity index (χ1) is 7.70. The lowest BCUT2D eigenvalue weighted by Crippen LogP contribution is -1.93. The summed E-state index contributed by atoms with van der Waals surface area (Å²) in [4.78, 5) is 10.7. The number of allylic oxidation sites excluding steroid dienone is 4. The van der Waals surface area contributed by atoms with Crippen molar-refractivity contribution in [3.05, 3.63) is 36.0 Å². The summed E-state index contributed by atoms with van der Waals surface area (Å²) in [7, 11) is 1.37. The van der Waals surface area contributed by atoms with E-state index < -0.39 is 0 Å². The molecule has 1 N–H and O–H groups in total. The molecule has 0 spiro atoms. The Balaban J connectivity index is 3.63. The largest absolute Gasteiger partial charge is 0.466 e. The molecule has 0 aromatic carbocycles. The lowest BCUT2D eigenvalue weighted by Gasteiger charge is -1.94. The third-order valence-electron chi connectivity index (χ3n) is 1.98. The van der Waals surface area contributed by atoms with Crippen LogP contribution in [0.5, 0.6) is 0 Å². The quantitative estimate of drug-likeness (QED) is 0.312. The third kappa shape index (κ3) is 9.21. The summed E-state index contributed by atoms with van der Waals surface area (Å²) in [6, 6.07) is 0. The second-order valence-corrected chi connectivity index (χ2v) is 3.39. The van der Waals surface area contributed by atoms with Crippen LogP contribution < -0.4 is 0 Å². The van der Waals surface area contributed by atoms with Crippen molar-refractivity contribution in [1.29, 1.82) is 0 Å². The van der Waals surface area contributed by atoms with Crippen LogP contribution in [0.3, 0.4) is 0 Å². The number of esters is 1. The van der Waals surface area contributed by atoms with Crippen molar-refractivity contribution in [3.8, 4) is 0 Å². The second kappa shape index (κ2) is 10.2. The van der Waals surface area contributed by atoms with E-state index in [9.17, 15) is 4.79 Å². The number of methoxy groups -OCH3 is 1. The standard InChI is InChI=1S/C13H20O3/c1-12(9-7-11-14)8-5-3-4-6-10-13(15)16-2/h6-10,14H,3-5,11H2,1-2H3/b9-7+,10-6+,12-8+. The van der Waals surface area contributed by atoms with E-state index in [1.807, 2.05) is 19.1 Å². The van der Waals surface area contributed by atoms with Gasteiger partial charge in [-0.1, -0.05) is 29.9 Å². The van der Waals surface area contributed by atoms with Gasteiger partial charge in [-0.15, -0.1) is 0 Å². The van der Waals surface area contributed by atoms with Crippen LogP contribution in [0.15, 0.2) is 36.0 Å². The van der Waals surface area contributed by atoms with Gasteiger partial charge in [0.1, 0.15) is 0 Å². The highest BCUT2D eigenvalue weighted by atomic mass is 16.5. The van der Waals surface area contributed by atoms with Crippen LogP contribution in [0.1, 0.15) is 26.2 Å². The first kappa shape index (κ1) is 14.6. The Hall–Kier alpha value is -1.35. The Labute approximate surface area is 97.1 Å². The number of aliphatic hydroxyl groups is 1. The fourth-order valence-electron chi connectivity index (χ4n) is 1.12. The minimum absolute atomic E-state index is 0.0764. The fourth-order valence-corrected chi connectivity index (χ4v) is 1.12. The maximum absolute atomic E-state index is 10.7. The first-order valence-corrected chi connectivity index (χ1v) is 5.39. The van der Waals surface area contributed by atoms with Gasteiger partial charge >= 0.3 is 5.97 Å². The lowest BCUT2D eigenvalue weighted by molar-refractivity contribution is -0.134. The number of hydrogen-bond acceptors (Lipinski definition) is 3. The van der Waals surface area contributed by atoms with E-state index in [1.54, 1.807) is 6.08 Å². The molecule has 3 nitrogen and oxygen atoms in total. The van der Waals surface area contributed by atoms with Crippen LogP contribution in [-0.2, 0) is 9.53 Å². The van der Waals surface area contributed by atoms with Crippen LogP contribution in [0, 0.1) is 0 Å². The van der Waals surface area contributed by atoms with Gasteiger partial charge in [0.2, 0.25) is 0 Å². The highest BCUT2D eigenvalue weighted by molar-refractivity contribution is 5.81. The van der Waals surface area contributed by atoms with E-state index in [-0.39, 0.29) is 12.6 Å². The first-order valence-electron chi connectivity index (χ1n) is 5.39. The van der Waals surface area contributed by atoms with Gasteiger partial charge in [-0.2, -0.15) is 0 Å². The number of aliphatic hydroxyl groups excluding tert-OH is 1. The average molecular weight is 224 g/mol. The molecule has 0 unspecified atom stereocenters. The van der Waals surface area contributed by atoms with Crippen LogP contribution >= 0.6 is 0 Å². The summed E-state index contributed by atoms with van der Waals surface area (Å²) < 4.78 is 4.47. The zero-order valence-corrected chi connectivity index (χ0v) is 9.98. The monoisotopic (exact) mass is 224 g/mol. The molecule has 0 saturated carbocycles. The van der Waals surface area contributed by atoms with Crippen molar-refractivity contribution in [1.82, 2.24) is 0 Å². The molecular weight excluding hydrogens is 204 g/mol. The maximum atomic E-state index is 10.7. The van der Waals surface area contributed by atoms with Crippen molar-refractivity contribution < 1.29 is 14.6 Å². The Bertz CT molecular complexity index is 275. The maximum Gasteiger partial charge on any atom is 0.330 e. The van der Waals surface area contributed by atoms with Crippen LogP contribution in [-0.4, -0.2) is 24.8 Å². The molecule has 16 heavy (non-hydrogen) atoms. The van der Waals surface area contributed by atoms with Gasteiger partial charge in [0.25, 0.3) is 0 Å². The summed E-state index contributed by atoms with van der Waals surface area (Å²) in [5, 5.41) is 8.57. The Morgan fingerprint density at radius 3 is 2.62 bits per heavy atom. The molecule has 0 aromatic heterocycles. The highest BCUT2D eigenvalue weighted by Gasteiger charge is 1.89. The molecule has 0 radical (unpaired) electrons. The molecule has 0 saturated heterocycles. The number of carbonyl (C=O) groups excluding carboxylic acids is 1. The predicted octanol–water partition coefficient (Wildman–Crippen LogP) is 2.38. The van der Waals surface area contributed by atoms with Crippen molar-refractivity contribution in [2.45, 2.75) is 26.2 Å². The SMILES string of the molecule is COC(=O)/C=C/CCC/C=C(C)/C=C/CO. The van der Waals surface area contributed by atoms with E-state index in [0.29, 0.717) is 0 Å². The predicted molar refractivity (Wildman–Crippen MR) is 65.0 cm³/mol. The van der Waals surface area contributed by atoms with Crippen molar-refractivity contribution in [2.24, 2.45) is 0 Å².